The van der Waals surface area contributed by atoms with Crippen molar-refractivity contribution in [1.82, 2.24) is 14.8 Å². The molecular weight excluding hydrogens is 366 g/mol. The third-order valence-corrected chi connectivity index (χ3v) is 7.85. The number of fused-ring (bicyclic) bond motifs is 4. The summed E-state index contributed by atoms with van der Waals surface area (Å²) in [7, 11) is 0. The van der Waals surface area contributed by atoms with Gasteiger partial charge in [-0.15, -0.1) is 0 Å². The lowest BCUT2D eigenvalue weighted by Crippen LogP contribution is -2.48. The van der Waals surface area contributed by atoms with Crippen LogP contribution in [0.4, 0.5) is 0 Å². The number of hydrogen-bond donors (Lipinski definition) is 1. The number of nitrogens with zero attached hydrogens (tertiary/aromatic N) is 3. The summed E-state index contributed by atoms with van der Waals surface area (Å²) in [5.74, 6) is 1.31. The summed E-state index contributed by atoms with van der Waals surface area (Å²) >= 11 is 0. The third-order valence-electron chi connectivity index (χ3n) is 7.85. The molecule has 0 spiro atoms. The van der Waals surface area contributed by atoms with E-state index in [2.05, 4.69) is 34.7 Å². The van der Waals surface area contributed by atoms with Crippen molar-refractivity contribution in [3.63, 3.8) is 0 Å². The quantitative estimate of drug-likeness (QED) is 0.840. The molecule has 158 valence electrons. The van der Waals surface area contributed by atoms with Gasteiger partial charge in [-0.3, -0.25) is 14.7 Å². The van der Waals surface area contributed by atoms with E-state index in [-0.39, 0.29) is 35.9 Å². The number of hydrogen-bond acceptors (Lipinski definition) is 5. The Balaban J connectivity index is 1.30. The van der Waals surface area contributed by atoms with E-state index in [9.17, 15) is 9.90 Å². The molecule has 2 bridgehead atoms. The van der Waals surface area contributed by atoms with E-state index in [1.807, 2.05) is 12.3 Å². The van der Waals surface area contributed by atoms with Crippen molar-refractivity contribution in [2.75, 3.05) is 26.2 Å². The number of aliphatic hydroxyl groups is 1. The Hall–Kier alpha value is -1.50. The highest BCUT2D eigenvalue weighted by atomic mass is 16.5. The van der Waals surface area contributed by atoms with Gasteiger partial charge in [-0.05, 0) is 43.7 Å². The molecule has 0 aromatic carbocycles. The van der Waals surface area contributed by atoms with Crippen LogP contribution in [-0.4, -0.2) is 70.3 Å². The SMILES string of the molecule is Cc1cccnc1CN1C[C@H]2[C@H](O)[C@@H]3CC(C(=O)N4CCC(C)CC4)[C@@H](O3)[C@H]2C1. The number of pyridine rings is 1. The maximum atomic E-state index is 13.3. The number of carbonyl (C=O) groups excluding carboxylic acids is 1. The number of likely N-dealkylation sites (tertiary alicyclic amines) is 2. The number of aliphatic hydroxyl groups excluding tert-OH is 1. The van der Waals surface area contributed by atoms with Crippen molar-refractivity contribution in [3.8, 4) is 0 Å². The second-order valence-corrected chi connectivity index (χ2v) is 9.77. The number of carbonyl (C=O) groups is 1. The maximum Gasteiger partial charge on any atom is 0.228 e. The van der Waals surface area contributed by atoms with E-state index in [0.717, 1.165) is 51.3 Å². The molecule has 1 N–H and O–H groups in total. The topological polar surface area (TPSA) is 65.9 Å². The monoisotopic (exact) mass is 399 g/mol. The zero-order chi connectivity index (χ0) is 20.1. The number of piperidine rings is 1. The molecule has 6 atom stereocenters. The van der Waals surface area contributed by atoms with Gasteiger partial charge in [-0.1, -0.05) is 13.0 Å². The van der Waals surface area contributed by atoms with Crippen LogP contribution in [0, 0.1) is 30.6 Å². The molecule has 4 aliphatic rings. The predicted octanol–water partition coefficient (Wildman–Crippen LogP) is 1.84. The number of aromatic nitrogens is 1. The fourth-order valence-corrected chi connectivity index (χ4v) is 6.01. The Kier molecular flexibility index (Phi) is 5.13. The first-order chi connectivity index (χ1) is 14.0. The smallest absolute Gasteiger partial charge is 0.228 e. The maximum absolute atomic E-state index is 13.3. The lowest BCUT2D eigenvalue weighted by molar-refractivity contribution is -0.148. The summed E-state index contributed by atoms with van der Waals surface area (Å²) in [6.45, 7) is 8.64. The normalized spacial score (nSPS) is 37.7. The van der Waals surface area contributed by atoms with Gasteiger partial charge >= 0.3 is 0 Å². The van der Waals surface area contributed by atoms with E-state index in [4.69, 9.17) is 4.74 Å². The van der Waals surface area contributed by atoms with Crippen molar-refractivity contribution in [3.05, 3.63) is 29.6 Å². The largest absolute Gasteiger partial charge is 0.390 e. The van der Waals surface area contributed by atoms with E-state index in [0.29, 0.717) is 12.3 Å². The zero-order valence-corrected chi connectivity index (χ0v) is 17.5. The van der Waals surface area contributed by atoms with E-state index in [1.54, 1.807) is 0 Å². The second kappa shape index (κ2) is 7.64. The van der Waals surface area contributed by atoms with E-state index in [1.165, 1.54) is 5.56 Å². The molecule has 29 heavy (non-hydrogen) atoms. The number of amides is 1. The van der Waals surface area contributed by atoms with Crippen LogP contribution in [0.25, 0.3) is 0 Å². The fraction of sp³-hybridized carbons (Fsp3) is 0.739. The summed E-state index contributed by atoms with van der Waals surface area (Å²) in [5, 5.41) is 11.0. The molecule has 5 rings (SSSR count). The van der Waals surface area contributed by atoms with Crippen LogP contribution in [-0.2, 0) is 16.1 Å². The molecule has 1 aromatic heterocycles. The van der Waals surface area contributed by atoms with Crippen molar-refractivity contribution in [2.24, 2.45) is 23.7 Å². The van der Waals surface area contributed by atoms with Crippen LogP contribution >= 0.6 is 0 Å². The van der Waals surface area contributed by atoms with Gasteiger partial charge < -0.3 is 14.7 Å². The molecule has 4 saturated heterocycles. The summed E-state index contributed by atoms with van der Waals surface area (Å²) in [6, 6.07) is 4.07. The highest BCUT2D eigenvalue weighted by Gasteiger charge is 2.58. The Bertz CT molecular complexity index is 763. The van der Waals surface area contributed by atoms with Crippen molar-refractivity contribution >= 4 is 5.91 Å². The second-order valence-electron chi connectivity index (χ2n) is 9.77. The lowest BCUT2D eigenvalue weighted by atomic mass is 9.82. The van der Waals surface area contributed by atoms with E-state index < -0.39 is 6.10 Å². The first-order valence-corrected chi connectivity index (χ1v) is 11.3. The van der Waals surface area contributed by atoms with Gasteiger partial charge in [-0.25, -0.2) is 0 Å². The molecule has 1 unspecified atom stereocenters. The molecular formula is C23H33N3O3. The Morgan fingerprint density at radius 3 is 2.79 bits per heavy atom. The van der Waals surface area contributed by atoms with Crippen LogP contribution in [0.15, 0.2) is 18.3 Å². The molecule has 0 saturated carbocycles. The Morgan fingerprint density at radius 2 is 2.03 bits per heavy atom. The van der Waals surface area contributed by atoms with Crippen LogP contribution in [0.5, 0.6) is 0 Å². The van der Waals surface area contributed by atoms with Gasteiger partial charge in [0.2, 0.25) is 5.91 Å². The highest BCUT2D eigenvalue weighted by Crippen LogP contribution is 2.47. The predicted molar refractivity (Wildman–Crippen MR) is 109 cm³/mol. The van der Waals surface area contributed by atoms with Gasteiger partial charge in [0.25, 0.3) is 0 Å². The van der Waals surface area contributed by atoms with Crippen molar-refractivity contribution < 1.29 is 14.6 Å². The van der Waals surface area contributed by atoms with Crippen LogP contribution in [0.3, 0.4) is 0 Å². The number of aryl methyl sites for hydroxylation is 1. The Labute approximate surface area is 173 Å². The molecule has 1 aromatic rings. The minimum absolute atomic E-state index is 0.0462. The van der Waals surface area contributed by atoms with E-state index >= 15 is 0 Å². The number of ether oxygens (including phenoxy) is 1. The standard InChI is InChI=1S/C23H33N3O3/c1-14-5-8-26(9-6-14)23(28)16-10-20-21(27)17-11-25(12-18(17)22(16)29-20)13-19-15(2)4-3-7-24-19/h3-4,7,14,16-18,20-22,27H,5-6,8-13H2,1-2H3/t16?,17-,18+,20+,21+,22-/m1/s1. The number of rotatable bonds is 3. The molecule has 5 heterocycles. The summed E-state index contributed by atoms with van der Waals surface area (Å²) in [6.07, 6.45) is 4.03. The highest BCUT2D eigenvalue weighted by molar-refractivity contribution is 5.80. The lowest BCUT2D eigenvalue weighted by Gasteiger charge is -2.37. The molecule has 4 fully saturated rings. The molecule has 0 aliphatic carbocycles. The van der Waals surface area contributed by atoms with Crippen LogP contribution in [0.2, 0.25) is 0 Å². The summed E-state index contributed by atoms with van der Waals surface area (Å²) < 4.78 is 6.25. The van der Waals surface area contributed by atoms with Gasteiger partial charge in [0, 0.05) is 50.8 Å². The van der Waals surface area contributed by atoms with Gasteiger partial charge in [0.05, 0.1) is 29.9 Å². The van der Waals surface area contributed by atoms with Gasteiger partial charge in [0.15, 0.2) is 0 Å². The van der Waals surface area contributed by atoms with Crippen LogP contribution in [0.1, 0.15) is 37.4 Å². The van der Waals surface area contributed by atoms with Crippen molar-refractivity contribution in [1.29, 1.82) is 0 Å². The minimum atomic E-state index is -0.467. The molecule has 6 heteroatoms. The fourth-order valence-electron chi connectivity index (χ4n) is 6.01. The minimum Gasteiger partial charge on any atom is -0.390 e. The summed E-state index contributed by atoms with van der Waals surface area (Å²) in [5.41, 5.74) is 2.30. The van der Waals surface area contributed by atoms with Gasteiger partial charge in [0.1, 0.15) is 0 Å². The third kappa shape index (κ3) is 3.49. The summed E-state index contributed by atoms with van der Waals surface area (Å²) in [4.78, 5) is 22.3. The first-order valence-electron chi connectivity index (χ1n) is 11.3. The Morgan fingerprint density at radius 1 is 1.28 bits per heavy atom. The van der Waals surface area contributed by atoms with Gasteiger partial charge in [-0.2, -0.15) is 0 Å². The zero-order valence-electron chi connectivity index (χ0n) is 17.5. The van der Waals surface area contributed by atoms with Crippen molar-refractivity contribution in [2.45, 2.75) is 58.0 Å². The molecule has 4 aliphatic heterocycles. The first kappa shape index (κ1) is 19.5. The average Bonchev–Trinajstić information content (AvgIpc) is 3.32. The molecule has 0 radical (unpaired) electrons. The molecule has 6 nitrogen and oxygen atoms in total. The van der Waals surface area contributed by atoms with Crippen LogP contribution < -0.4 is 0 Å². The molecule has 1 amide bonds. The average molecular weight is 400 g/mol.